The maximum absolute atomic E-state index is 13.4. The van der Waals surface area contributed by atoms with E-state index in [0.29, 0.717) is 17.6 Å². The molecular weight excluding hydrogens is 547 g/mol. The number of halogens is 1. The Morgan fingerprint density at radius 2 is 1.63 bits per heavy atom. The summed E-state index contributed by atoms with van der Waals surface area (Å²) in [5, 5.41) is 0. The minimum atomic E-state index is -0.353. The first-order valence-corrected chi connectivity index (χ1v) is 14.9. The van der Waals surface area contributed by atoms with Gasteiger partial charge in [0, 0.05) is 5.41 Å². The highest BCUT2D eigenvalue weighted by molar-refractivity contribution is 14.1. The Morgan fingerprint density at radius 1 is 0.971 bits per heavy atom. The van der Waals surface area contributed by atoms with Gasteiger partial charge in [-0.05, 0) is 113 Å². The van der Waals surface area contributed by atoms with E-state index < -0.39 is 0 Å². The van der Waals surface area contributed by atoms with Crippen molar-refractivity contribution < 1.29 is 14.3 Å². The highest BCUT2D eigenvalue weighted by atomic mass is 127. The summed E-state index contributed by atoms with van der Waals surface area (Å²) in [6, 6.07) is 0. The van der Waals surface area contributed by atoms with Crippen LogP contribution >= 0.6 is 22.6 Å². The molecule has 194 valence electrons. The van der Waals surface area contributed by atoms with E-state index in [0.717, 1.165) is 54.9 Å². The normalized spacial score (nSPS) is 47.8. The fourth-order valence-corrected chi connectivity index (χ4v) is 11.6. The largest absolute Gasteiger partial charge is 0.469 e. The Morgan fingerprint density at radius 3 is 2.29 bits per heavy atom. The van der Waals surface area contributed by atoms with E-state index in [1.54, 1.807) is 12.7 Å². The summed E-state index contributed by atoms with van der Waals surface area (Å²) in [6.07, 6.45) is 13.4. The molecule has 0 amide bonds. The zero-order chi connectivity index (χ0) is 25.8. The van der Waals surface area contributed by atoms with Crippen LogP contribution in [0.5, 0.6) is 0 Å². The molecule has 4 heteroatoms. The van der Waals surface area contributed by atoms with E-state index in [9.17, 15) is 9.59 Å². The van der Waals surface area contributed by atoms with Gasteiger partial charge in [-0.1, -0.05) is 66.2 Å². The summed E-state index contributed by atoms with van der Waals surface area (Å²) < 4.78 is 6.42. The summed E-state index contributed by atoms with van der Waals surface area (Å²) in [7, 11) is 1.58. The Hall–Kier alpha value is -0.650. The number of hydrogen-bond acceptors (Lipinski definition) is 3. The van der Waals surface area contributed by atoms with Crippen molar-refractivity contribution in [1.82, 2.24) is 0 Å². The van der Waals surface area contributed by atoms with Crippen LogP contribution in [0.15, 0.2) is 21.3 Å². The Kier molecular flexibility index (Phi) is 5.71. The Labute approximate surface area is 226 Å². The lowest BCUT2D eigenvalue weighted by atomic mass is 9.34. The molecule has 0 heterocycles. The van der Waals surface area contributed by atoms with Crippen LogP contribution in [0.2, 0.25) is 0 Å². The number of esters is 1. The predicted molar refractivity (Wildman–Crippen MR) is 149 cm³/mol. The second-order valence-corrected chi connectivity index (χ2v) is 15.9. The van der Waals surface area contributed by atoms with Crippen LogP contribution in [0.25, 0.3) is 0 Å². The monoisotopic (exact) mass is 592 g/mol. The molecule has 3 fully saturated rings. The van der Waals surface area contributed by atoms with Gasteiger partial charge in [-0.3, -0.25) is 9.59 Å². The number of fused-ring (bicyclic) bond motifs is 7. The summed E-state index contributed by atoms with van der Waals surface area (Å²) >= 11 is 2.30. The van der Waals surface area contributed by atoms with E-state index in [1.165, 1.54) is 0 Å². The molecule has 7 atom stereocenters. The highest BCUT2D eigenvalue weighted by Gasteiger charge is 2.69. The molecule has 0 bridgehead atoms. The lowest BCUT2D eigenvalue weighted by Gasteiger charge is -2.69. The number of ketones is 1. The fourth-order valence-electron chi connectivity index (χ4n) is 10.2. The molecule has 0 spiro atoms. The van der Waals surface area contributed by atoms with Crippen LogP contribution in [0.1, 0.15) is 99.8 Å². The van der Waals surface area contributed by atoms with Crippen molar-refractivity contribution in [2.45, 2.75) is 99.8 Å². The van der Waals surface area contributed by atoms with Crippen LogP contribution in [0, 0.1) is 50.2 Å². The quantitative estimate of drug-likeness (QED) is 0.176. The van der Waals surface area contributed by atoms with Crippen LogP contribution in [0.3, 0.4) is 0 Å². The molecule has 5 rings (SSSR count). The van der Waals surface area contributed by atoms with Gasteiger partial charge in [-0.15, -0.1) is 0 Å². The summed E-state index contributed by atoms with van der Waals surface area (Å²) in [5.74, 6) is 1.51. The topological polar surface area (TPSA) is 43.4 Å². The Bertz CT molecular complexity index is 1040. The molecule has 0 aromatic rings. The van der Waals surface area contributed by atoms with Crippen molar-refractivity contribution >= 4 is 34.3 Å². The lowest BCUT2D eigenvalue weighted by Crippen LogP contribution is -2.64. The van der Waals surface area contributed by atoms with Gasteiger partial charge in [-0.2, -0.15) is 0 Å². The predicted octanol–water partition coefficient (Wildman–Crippen LogP) is 8.07. The average Bonchev–Trinajstić information content (AvgIpc) is 2.77. The molecule has 0 aliphatic heterocycles. The Balaban J connectivity index is 1.64. The molecule has 3 saturated carbocycles. The van der Waals surface area contributed by atoms with Crippen molar-refractivity contribution in [3.05, 3.63) is 21.3 Å². The smallest absolute Gasteiger partial charge is 0.312 e. The first-order chi connectivity index (χ1) is 16.1. The van der Waals surface area contributed by atoms with Crippen molar-refractivity contribution in [3.63, 3.8) is 0 Å². The van der Waals surface area contributed by atoms with Gasteiger partial charge in [0.2, 0.25) is 0 Å². The van der Waals surface area contributed by atoms with Crippen LogP contribution in [-0.2, 0) is 14.3 Å². The minimum absolute atomic E-state index is 0.00862. The third-order valence-electron chi connectivity index (χ3n) is 12.5. The van der Waals surface area contributed by atoms with E-state index in [1.807, 2.05) is 0 Å². The molecule has 0 N–H and O–H groups in total. The van der Waals surface area contributed by atoms with E-state index in [4.69, 9.17) is 4.74 Å². The molecule has 5 aliphatic rings. The SMILES string of the molecule is COC(=O)[C@]12CCC(C)(C)C[C@H]1C1=CC[C@@H]3[C@@]4(C)C=C(I)C(=O)C(C)(C)[C@@H]4CC[C@@]3(C)[C@]1(C)CC2. The molecule has 0 saturated heterocycles. The van der Waals surface area contributed by atoms with Crippen LogP contribution in [0.4, 0.5) is 0 Å². The van der Waals surface area contributed by atoms with Crippen molar-refractivity contribution in [1.29, 1.82) is 0 Å². The average molecular weight is 593 g/mol. The number of ether oxygens (including phenoxy) is 1. The van der Waals surface area contributed by atoms with Gasteiger partial charge >= 0.3 is 5.97 Å². The van der Waals surface area contributed by atoms with E-state index in [-0.39, 0.29) is 44.4 Å². The van der Waals surface area contributed by atoms with Gasteiger partial charge in [0.05, 0.1) is 16.1 Å². The summed E-state index contributed by atoms with van der Waals surface area (Å²) in [6.45, 7) is 16.7. The van der Waals surface area contributed by atoms with Gasteiger partial charge in [0.25, 0.3) is 0 Å². The van der Waals surface area contributed by atoms with Crippen molar-refractivity contribution in [2.24, 2.45) is 50.2 Å². The number of rotatable bonds is 1. The molecule has 0 aromatic carbocycles. The molecule has 0 aromatic heterocycles. The maximum atomic E-state index is 13.4. The number of methoxy groups -OCH3 is 1. The van der Waals surface area contributed by atoms with Gasteiger partial charge in [-0.25, -0.2) is 0 Å². The first kappa shape index (κ1) is 26.0. The second kappa shape index (κ2) is 7.69. The number of carbonyl (C=O) groups excluding carboxylic acids is 2. The standard InChI is InChI=1S/C31H45IO3/c1-26(2)13-15-31(25(34)35-8)16-14-29(6)19(20(31)17-26)9-10-23-28(5)18-21(32)24(33)27(3,4)22(28)11-12-30(23,29)7/h9,18,20,22-23H,10-17H2,1-8H3/t20-,22-,23+,28-,29+,30+,31-/m0/s1. The number of Topliss-reactive ketones (excluding diaryl/α,β-unsaturated/α-hetero) is 1. The number of allylic oxidation sites excluding steroid dienone is 4. The van der Waals surface area contributed by atoms with Crippen molar-refractivity contribution in [2.75, 3.05) is 7.11 Å². The summed E-state index contributed by atoms with van der Waals surface area (Å²) in [4.78, 5) is 26.6. The molecular formula is C31H45IO3. The highest BCUT2D eigenvalue weighted by Crippen LogP contribution is 2.75. The lowest BCUT2D eigenvalue weighted by molar-refractivity contribution is -0.177. The van der Waals surface area contributed by atoms with Crippen LogP contribution < -0.4 is 0 Å². The third kappa shape index (κ3) is 3.19. The zero-order valence-corrected chi connectivity index (χ0v) is 25.3. The zero-order valence-electron chi connectivity index (χ0n) is 23.1. The molecule has 0 radical (unpaired) electrons. The minimum Gasteiger partial charge on any atom is -0.469 e. The van der Waals surface area contributed by atoms with E-state index in [2.05, 4.69) is 83.2 Å². The van der Waals surface area contributed by atoms with Crippen molar-refractivity contribution in [3.8, 4) is 0 Å². The second-order valence-electron chi connectivity index (χ2n) is 14.8. The maximum Gasteiger partial charge on any atom is 0.312 e. The van der Waals surface area contributed by atoms with Crippen LogP contribution in [-0.4, -0.2) is 18.9 Å². The molecule has 0 unspecified atom stereocenters. The molecule has 35 heavy (non-hydrogen) atoms. The molecule has 3 nitrogen and oxygen atoms in total. The van der Waals surface area contributed by atoms with Gasteiger partial charge < -0.3 is 4.74 Å². The van der Waals surface area contributed by atoms with E-state index >= 15 is 0 Å². The third-order valence-corrected chi connectivity index (χ3v) is 13.3. The summed E-state index contributed by atoms with van der Waals surface area (Å²) in [5.41, 5.74) is 1.37. The van der Waals surface area contributed by atoms with Gasteiger partial charge in [0.15, 0.2) is 5.78 Å². The molecule has 5 aliphatic carbocycles. The first-order valence-electron chi connectivity index (χ1n) is 13.8. The fraction of sp³-hybridized carbons (Fsp3) is 0.806. The van der Waals surface area contributed by atoms with Gasteiger partial charge in [0.1, 0.15) is 0 Å². The number of carbonyl (C=O) groups is 2. The number of hydrogen-bond donors (Lipinski definition) is 0.